The van der Waals surface area contributed by atoms with Crippen LogP contribution in [0.3, 0.4) is 0 Å². The van der Waals surface area contributed by atoms with E-state index < -0.39 is 18.6 Å². The Morgan fingerprint density at radius 2 is 1.89 bits per heavy atom. The van der Waals surface area contributed by atoms with Crippen molar-refractivity contribution in [3.05, 3.63) is 23.8 Å². The molecular weight excluding hydrogens is 271 g/mol. The number of alkyl halides is 3. The largest absolute Gasteiger partial charge is 0.454 e. The smallest absolute Gasteiger partial charge is 0.389 e. The first-order valence-electron chi connectivity index (χ1n) is 5.17. The van der Waals surface area contributed by atoms with Gasteiger partial charge in [-0.2, -0.15) is 13.2 Å². The van der Waals surface area contributed by atoms with Gasteiger partial charge in [0.05, 0.1) is 0 Å². The van der Waals surface area contributed by atoms with Crippen molar-refractivity contribution in [2.24, 2.45) is 5.73 Å². The van der Waals surface area contributed by atoms with E-state index in [1.807, 2.05) is 0 Å². The predicted molar refractivity (Wildman–Crippen MR) is 62.0 cm³/mol. The quantitative estimate of drug-likeness (QED) is 0.926. The maximum atomic E-state index is 12.1. The van der Waals surface area contributed by atoms with Gasteiger partial charge < -0.3 is 15.2 Å². The van der Waals surface area contributed by atoms with E-state index in [1.165, 1.54) is 0 Å². The van der Waals surface area contributed by atoms with Gasteiger partial charge in [0.2, 0.25) is 6.79 Å². The molecule has 18 heavy (non-hydrogen) atoms. The van der Waals surface area contributed by atoms with Crippen LogP contribution < -0.4 is 15.2 Å². The lowest BCUT2D eigenvalue weighted by Crippen LogP contribution is -2.15. The Kier molecular flexibility index (Phi) is 4.70. The summed E-state index contributed by atoms with van der Waals surface area (Å²) in [5.41, 5.74) is 6.32. The average molecular weight is 284 g/mol. The van der Waals surface area contributed by atoms with Gasteiger partial charge in [0.1, 0.15) is 0 Å². The van der Waals surface area contributed by atoms with Crippen molar-refractivity contribution in [2.75, 3.05) is 6.79 Å². The van der Waals surface area contributed by atoms with Gasteiger partial charge in [0, 0.05) is 12.5 Å². The first kappa shape index (κ1) is 14.9. The maximum absolute atomic E-state index is 12.1. The van der Waals surface area contributed by atoms with Crippen LogP contribution in [0.5, 0.6) is 11.5 Å². The van der Waals surface area contributed by atoms with Gasteiger partial charge >= 0.3 is 6.18 Å². The minimum Gasteiger partial charge on any atom is -0.454 e. The lowest BCUT2D eigenvalue weighted by molar-refractivity contribution is -0.136. The number of halogens is 4. The minimum atomic E-state index is -4.17. The Hall–Kier alpha value is -1.14. The van der Waals surface area contributed by atoms with E-state index in [0.717, 1.165) is 0 Å². The minimum absolute atomic E-state index is 0. The van der Waals surface area contributed by atoms with Crippen LogP contribution in [0, 0.1) is 0 Å². The van der Waals surface area contributed by atoms with Crippen LogP contribution in [-0.4, -0.2) is 13.0 Å². The average Bonchev–Trinajstić information content (AvgIpc) is 2.71. The van der Waals surface area contributed by atoms with Crippen LogP contribution in [0.4, 0.5) is 13.2 Å². The molecule has 1 heterocycles. The first-order valence-corrected chi connectivity index (χ1v) is 5.17. The van der Waals surface area contributed by atoms with Gasteiger partial charge in [0.25, 0.3) is 0 Å². The molecule has 0 bridgehead atoms. The summed E-state index contributed by atoms with van der Waals surface area (Å²) in [5, 5.41) is 0. The molecule has 0 saturated carbocycles. The van der Waals surface area contributed by atoms with Crippen molar-refractivity contribution in [3.8, 4) is 11.5 Å². The first-order chi connectivity index (χ1) is 7.96. The predicted octanol–water partition coefficient (Wildman–Crippen LogP) is 3.18. The van der Waals surface area contributed by atoms with Crippen molar-refractivity contribution in [1.29, 1.82) is 0 Å². The number of rotatable bonds is 3. The van der Waals surface area contributed by atoms with Gasteiger partial charge in [0.15, 0.2) is 11.5 Å². The molecule has 1 aliphatic rings. The van der Waals surface area contributed by atoms with Gasteiger partial charge in [-0.3, -0.25) is 0 Å². The fourth-order valence-electron chi connectivity index (χ4n) is 1.63. The summed E-state index contributed by atoms with van der Waals surface area (Å²) in [5.74, 6) is 1.13. The molecule has 1 aromatic carbocycles. The van der Waals surface area contributed by atoms with E-state index >= 15 is 0 Å². The standard InChI is InChI=1S/C11H12F3NO2.ClH/c12-11(13,14)4-3-8(15)7-1-2-9-10(5-7)17-6-16-9;/h1-2,5,8H,3-4,6,15H2;1H/t8-;/m1./s1. The van der Waals surface area contributed by atoms with Crippen molar-refractivity contribution in [3.63, 3.8) is 0 Å². The lowest BCUT2D eigenvalue weighted by atomic mass is 10.0. The fourth-order valence-corrected chi connectivity index (χ4v) is 1.63. The molecule has 2 N–H and O–H groups in total. The van der Waals surface area contributed by atoms with E-state index in [0.29, 0.717) is 17.1 Å². The van der Waals surface area contributed by atoms with E-state index in [2.05, 4.69) is 0 Å². The van der Waals surface area contributed by atoms with E-state index in [1.54, 1.807) is 18.2 Å². The zero-order valence-electron chi connectivity index (χ0n) is 9.37. The zero-order chi connectivity index (χ0) is 12.5. The van der Waals surface area contributed by atoms with Gasteiger partial charge in [-0.25, -0.2) is 0 Å². The van der Waals surface area contributed by atoms with E-state index in [9.17, 15) is 13.2 Å². The second-order valence-electron chi connectivity index (χ2n) is 3.87. The van der Waals surface area contributed by atoms with Gasteiger partial charge in [-0.05, 0) is 24.1 Å². The molecule has 0 fully saturated rings. The number of hydrogen-bond acceptors (Lipinski definition) is 3. The van der Waals surface area contributed by atoms with Crippen LogP contribution >= 0.6 is 12.4 Å². The fraction of sp³-hybridized carbons (Fsp3) is 0.455. The van der Waals surface area contributed by atoms with Crippen molar-refractivity contribution in [1.82, 2.24) is 0 Å². The van der Waals surface area contributed by atoms with Gasteiger partial charge in [-0.15, -0.1) is 12.4 Å². The summed E-state index contributed by atoms with van der Waals surface area (Å²) < 4.78 is 46.4. The zero-order valence-corrected chi connectivity index (χ0v) is 10.2. The molecule has 2 rings (SSSR count). The van der Waals surface area contributed by atoms with Crippen LogP contribution in [0.15, 0.2) is 18.2 Å². The van der Waals surface area contributed by atoms with Crippen molar-refractivity contribution < 1.29 is 22.6 Å². The summed E-state index contributed by atoms with van der Waals surface area (Å²) in [6, 6.07) is 4.30. The highest BCUT2D eigenvalue weighted by molar-refractivity contribution is 5.85. The number of hydrogen-bond donors (Lipinski definition) is 1. The second-order valence-corrected chi connectivity index (χ2v) is 3.87. The van der Waals surface area contributed by atoms with E-state index in [-0.39, 0.29) is 25.6 Å². The van der Waals surface area contributed by atoms with Gasteiger partial charge in [-0.1, -0.05) is 6.07 Å². The summed E-state index contributed by atoms with van der Waals surface area (Å²) in [6.07, 6.45) is -5.19. The number of nitrogens with two attached hydrogens (primary N) is 1. The molecule has 0 aliphatic carbocycles. The monoisotopic (exact) mass is 283 g/mol. The highest BCUT2D eigenvalue weighted by Crippen LogP contribution is 2.35. The molecule has 1 aromatic rings. The molecule has 3 nitrogen and oxygen atoms in total. The molecule has 0 unspecified atom stereocenters. The normalized spacial score (nSPS) is 15.1. The number of ether oxygens (including phenoxy) is 2. The molecule has 102 valence electrons. The van der Waals surface area contributed by atoms with Crippen LogP contribution in [0.25, 0.3) is 0 Å². The Morgan fingerprint density at radius 3 is 2.56 bits per heavy atom. The molecule has 1 aliphatic heterocycles. The summed E-state index contributed by atoms with van der Waals surface area (Å²) in [6.45, 7) is 0.135. The van der Waals surface area contributed by atoms with Crippen LogP contribution in [0.1, 0.15) is 24.4 Å². The lowest BCUT2D eigenvalue weighted by Gasteiger charge is -2.13. The Labute approximate surface area is 108 Å². The molecule has 0 radical (unpaired) electrons. The highest BCUT2D eigenvalue weighted by Gasteiger charge is 2.28. The van der Waals surface area contributed by atoms with Crippen molar-refractivity contribution >= 4 is 12.4 Å². The van der Waals surface area contributed by atoms with Crippen molar-refractivity contribution in [2.45, 2.75) is 25.1 Å². The van der Waals surface area contributed by atoms with Crippen LogP contribution in [0.2, 0.25) is 0 Å². The molecule has 0 spiro atoms. The third kappa shape index (κ3) is 3.68. The Bertz CT molecular complexity index is 412. The number of fused-ring (bicyclic) bond motifs is 1. The summed E-state index contributed by atoms with van der Waals surface area (Å²) in [7, 11) is 0. The molecule has 0 amide bonds. The third-order valence-corrected chi connectivity index (χ3v) is 2.56. The maximum Gasteiger partial charge on any atom is 0.389 e. The Morgan fingerprint density at radius 1 is 1.22 bits per heavy atom. The summed E-state index contributed by atoms with van der Waals surface area (Å²) in [4.78, 5) is 0. The second kappa shape index (κ2) is 5.67. The Balaban J connectivity index is 0.00000162. The topological polar surface area (TPSA) is 44.5 Å². The molecule has 0 aromatic heterocycles. The molecule has 1 atom stereocenters. The molecular formula is C11H13ClF3NO2. The highest BCUT2D eigenvalue weighted by atomic mass is 35.5. The molecule has 7 heteroatoms. The van der Waals surface area contributed by atoms with Crippen LogP contribution in [-0.2, 0) is 0 Å². The third-order valence-electron chi connectivity index (χ3n) is 2.56. The SMILES string of the molecule is Cl.N[C@H](CCC(F)(F)F)c1ccc2c(c1)OCO2. The van der Waals surface area contributed by atoms with E-state index in [4.69, 9.17) is 15.2 Å². The number of benzene rings is 1. The molecule has 0 saturated heterocycles. The summed E-state index contributed by atoms with van der Waals surface area (Å²) >= 11 is 0.